The zero-order valence-corrected chi connectivity index (χ0v) is 24.9. The average Bonchev–Trinajstić information content (AvgIpc) is 3.56. The highest BCUT2D eigenvalue weighted by molar-refractivity contribution is 5.96. The quantitative estimate of drug-likeness (QED) is 0.176. The van der Waals surface area contributed by atoms with Gasteiger partial charge in [0.1, 0.15) is 23.7 Å². The smallest absolute Gasteiger partial charge is 0.254 e. The van der Waals surface area contributed by atoms with Crippen molar-refractivity contribution in [2.24, 2.45) is 0 Å². The zero-order chi connectivity index (χ0) is 30.9. The summed E-state index contributed by atoms with van der Waals surface area (Å²) in [4.78, 5) is 44.0. The topological polar surface area (TPSA) is 89.3 Å². The Hall–Kier alpha value is -4.50. The second-order valence-corrected chi connectivity index (χ2v) is 11.0. The van der Waals surface area contributed by atoms with Crippen LogP contribution in [0, 0.1) is 5.82 Å². The molecule has 0 spiro atoms. The van der Waals surface area contributed by atoms with Gasteiger partial charge in [0.25, 0.3) is 5.91 Å². The molecule has 8 nitrogen and oxygen atoms in total. The maximum absolute atomic E-state index is 14.0. The number of unbranched alkanes of at least 4 members (excludes halogenated alkanes) is 1. The molecule has 1 unspecified atom stereocenters. The number of hydrogen-bond donors (Lipinski definition) is 0. The molecule has 0 radical (unpaired) electrons. The van der Waals surface area contributed by atoms with E-state index in [0.29, 0.717) is 46.6 Å². The predicted octanol–water partition coefficient (Wildman–Crippen LogP) is 5.96. The molecule has 1 aliphatic rings. The normalized spacial score (nSPS) is 14.5. The summed E-state index contributed by atoms with van der Waals surface area (Å²) >= 11 is 0. The van der Waals surface area contributed by atoms with E-state index >= 15 is 0 Å². The molecule has 230 valence electrons. The minimum absolute atomic E-state index is 0.0465. The van der Waals surface area contributed by atoms with Crippen molar-refractivity contribution in [2.45, 2.75) is 51.8 Å². The summed E-state index contributed by atoms with van der Waals surface area (Å²) in [6.07, 6.45) is 4.83. The van der Waals surface area contributed by atoms with Gasteiger partial charge >= 0.3 is 0 Å². The van der Waals surface area contributed by atoms with Crippen LogP contribution in [0.15, 0.2) is 88.3 Å². The Kier molecular flexibility index (Phi) is 10.4. The Balaban J connectivity index is 1.39. The van der Waals surface area contributed by atoms with Crippen molar-refractivity contribution in [3.05, 3.63) is 112 Å². The van der Waals surface area contributed by atoms with Gasteiger partial charge in [0.15, 0.2) is 5.43 Å². The first-order valence-corrected chi connectivity index (χ1v) is 15.1. The minimum Gasteiger partial charge on any atom is -0.494 e. The first-order valence-electron chi connectivity index (χ1n) is 15.1. The maximum atomic E-state index is 14.0. The third kappa shape index (κ3) is 7.90. The number of hydrogen-bond acceptors (Lipinski definition) is 6. The number of carbonyl (C=O) groups excluding carboxylic acids is 2. The van der Waals surface area contributed by atoms with Crippen molar-refractivity contribution in [3.63, 3.8) is 0 Å². The monoisotopic (exact) mass is 600 g/mol. The molecular weight excluding hydrogens is 563 g/mol. The molecule has 4 aromatic rings. The summed E-state index contributed by atoms with van der Waals surface area (Å²) in [5, 5.41) is 0.413. The van der Waals surface area contributed by atoms with E-state index in [1.54, 1.807) is 60.7 Å². The summed E-state index contributed by atoms with van der Waals surface area (Å²) in [6, 6.07) is 19.7. The van der Waals surface area contributed by atoms with Crippen molar-refractivity contribution < 1.29 is 27.9 Å². The standard InChI is InChI=1S/C35H37FN2O6/c1-2-3-18-42-29-16-12-26(13-17-29)35(41)38(22-30-7-6-19-43-30)23-33(39)37(20-25-10-14-28(36)15-11-25)21-27-24-44-32-9-5-4-8-31(32)34(27)40/h4-5,8-17,24,30H,2-3,6-7,18-23H2,1H3. The SMILES string of the molecule is CCCCOc1ccc(C(=O)N(CC(=O)N(Cc2ccc(F)cc2)Cc2coc3ccccc3c2=O)CC2CCCO2)cc1. The lowest BCUT2D eigenvalue weighted by Crippen LogP contribution is -2.45. The van der Waals surface area contributed by atoms with Crippen LogP contribution in [-0.2, 0) is 22.6 Å². The first kappa shape index (κ1) is 30.9. The lowest BCUT2D eigenvalue weighted by atomic mass is 10.1. The second-order valence-electron chi connectivity index (χ2n) is 11.0. The number of ether oxygens (including phenoxy) is 2. The van der Waals surface area contributed by atoms with Gasteiger partial charge in [0.2, 0.25) is 5.91 Å². The highest BCUT2D eigenvalue weighted by atomic mass is 19.1. The Labute approximate surface area is 256 Å². The van der Waals surface area contributed by atoms with Crippen LogP contribution >= 0.6 is 0 Å². The molecule has 0 N–H and O–H groups in total. The summed E-state index contributed by atoms with van der Waals surface area (Å²) in [5.41, 5.74) is 1.62. The molecule has 1 saturated heterocycles. The van der Waals surface area contributed by atoms with E-state index in [-0.39, 0.29) is 49.5 Å². The van der Waals surface area contributed by atoms with Crippen molar-refractivity contribution in [1.29, 1.82) is 0 Å². The average molecular weight is 601 g/mol. The number of amides is 2. The lowest BCUT2D eigenvalue weighted by molar-refractivity contribution is -0.133. The molecule has 0 bridgehead atoms. The van der Waals surface area contributed by atoms with Gasteiger partial charge in [-0.1, -0.05) is 37.6 Å². The fourth-order valence-electron chi connectivity index (χ4n) is 5.20. The number of fused-ring (bicyclic) bond motifs is 1. The highest BCUT2D eigenvalue weighted by Gasteiger charge is 2.28. The molecule has 0 aliphatic carbocycles. The van der Waals surface area contributed by atoms with Crippen LogP contribution < -0.4 is 10.2 Å². The number of para-hydroxylation sites is 1. The number of rotatable bonds is 13. The van der Waals surface area contributed by atoms with Crippen LogP contribution in [0.5, 0.6) is 5.75 Å². The van der Waals surface area contributed by atoms with Crippen molar-refractivity contribution >= 4 is 22.8 Å². The Morgan fingerprint density at radius 1 is 0.977 bits per heavy atom. The van der Waals surface area contributed by atoms with E-state index in [1.807, 2.05) is 0 Å². The van der Waals surface area contributed by atoms with E-state index in [9.17, 15) is 18.8 Å². The van der Waals surface area contributed by atoms with Crippen molar-refractivity contribution in [1.82, 2.24) is 9.80 Å². The van der Waals surface area contributed by atoms with Gasteiger partial charge in [0.05, 0.1) is 36.5 Å². The number of benzene rings is 3. The number of carbonyl (C=O) groups is 2. The summed E-state index contributed by atoms with van der Waals surface area (Å²) in [5.74, 6) is -0.387. The predicted molar refractivity (Wildman–Crippen MR) is 165 cm³/mol. The van der Waals surface area contributed by atoms with Crippen molar-refractivity contribution in [2.75, 3.05) is 26.3 Å². The van der Waals surface area contributed by atoms with E-state index in [2.05, 4.69) is 6.92 Å². The molecule has 9 heteroatoms. The third-order valence-electron chi connectivity index (χ3n) is 7.68. The minimum atomic E-state index is -0.392. The molecule has 5 rings (SSSR count). The zero-order valence-electron chi connectivity index (χ0n) is 24.9. The van der Waals surface area contributed by atoms with Crippen LogP contribution in [0.2, 0.25) is 0 Å². The Morgan fingerprint density at radius 3 is 2.48 bits per heavy atom. The first-order chi connectivity index (χ1) is 21.4. The van der Waals surface area contributed by atoms with Gasteiger partial charge in [-0.25, -0.2) is 4.39 Å². The molecule has 1 aliphatic heterocycles. The molecule has 1 atom stereocenters. The van der Waals surface area contributed by atoms with Crippen LogP contribution in [-0.4, -0.2) is 54.0 Å². The van der Waals surface area contributed by atoms with Gasteiger partial charge in [-0.2, -0.15) is 0 Å². The van der Waals surface area contributed by atoms with Crippen LogP contribution in [0.4, 0.5) is 4.39 Å². The third-order valence-corrected chi connectivity index (χ3v) is 7.68. The Morgan fingerprint density at radius 2 is 1.75 bits per heavy atom. The van der Waals surface area contributed by atoms with Gasteiger partial charge in [-0.15, -0.1) is 0 Å². The van der Waals surface area contributed by atoms with E-state index < -0.39 is 5.82 Å². The lowest BCUT2D eigenvalue weighted by Gasteiger charge is -2.29. The summed E-state index contributed by atoms with van der Waals surface area (Å²) in [7, 11) is 0. The van der Waals surface area contributed by atoms with Crippen molar-refractivity contribution in [3.8, 4) is 5.75 Å². The summed E-state index contributed by atoms with van der Waals surface area (Å²) in [6.45, 7) is 3.38. The number of halogens is 1. The molecule has 2 heterocycles. The fraction of sp³-hybridized carbons (Fsp3) is 0.343. The van der Waals surface area contributed by atoms with E-state index in [0.717, 1.165) is 25.7 Å². The molecular formula is C35H37FN2O6. The second kappa shape index (κ2) is 14.8. The molecule has 3 aromatic carbocycles. The van der Waals surface area contributed by atoms with E-state index in [1.165, 1.54) is 28.2 Å². The van der Waals surface area contributed by atoms with Crippen LogP contribution in [0.3, 0.4) is 0 Å². The maximum Gasteiger partial charge on any atom is 0.254 e. The molecule has 1 fully saturated rings. The van der Waals surface area contributed by atoms with Crippen LogP contribution in [0.1, 0.15) is 54.1 Å². The van der Waals surface area contributed by atoms with Crippen LogP contribution in [0.25, 0.3) is 11.0 Å². The largest absolute Gasteiger partial charge is 0.494 e. The van der Waals surface area contributed by atoms with E-state index in [4.69, 9.17) is 13.9 Å². The van der Waals surface area contributed by atoms with Gasteiger partial charge in [-0.05, 0) is 73.4 Å². The molecule has 44 heavy (non-hydrogen) atoms. The van der Waals surface area contributed by atoms with Gasteiger partial charge in [-0.3, -0.25) is 14.4 Å². The highest BCUT2D eigenvalue weighted by Crippen LogP contribution is 2.19. The molecule has 2 amide bonds. The molecule has 0 saturated carbocycles. The number of nitrogens with zero attached hydrogens (tertiary/aromatic N) is 2. The van der Waals surface area contributed by atoms with Gasteiger partial charge in [0, 0.05) is 25.3 Å². The summed E-state index contributed by atoms with van der Waals surface area (Å²) < 4.78 is 30.9. The molecule has 1 aromatic heterocycles. The van der Waals surface area contributed by atoms with Gasteiger partial charge < -0.3 is 23.7 Å². The fourth-order valence-corrected chi connectivity index (χ4v) is 5.20. The Bertz CT molecular complexity index is 1610.